The van der Waals surface area contributed by atoms with Crippen molar-refractivity contribution in [2.45, 2.75) is 0 Å². The summed E-state index contributed by atoms with van der Waals surface area (Å²) in [6.45, 7) is -0.118. The van der Waals surface area contributed by atoms with Crippen LogP contribution < -0.4 is 10.6 Å². The van der Waals surface area contributed by atoms with Crippen molar-refractivity contribution < 1.29 is 23.9 Å². The predicted octanol–water partition coefficient (Wildman–Crippen LogP) is 2.96. The SMILES string of the molecule is COC(=O)c1ccc(Cl)c(NC(=O)CNc2ccccc2C(=O)OC)c1. The van der Waals surface area contributed by atoms with Crippen LogP contribution in [0.2, 0.25) is 5.02 Å². The summed E-state index contributed by atoms with van der Waals surface area (Å²) in [5.74, 6) is -1.46. The summed E-state index contributed by atoms with van der Waals surface area (Å²) >= 11 is 6.04. The number of halogens is 1. The molecule has 0 bridgehead atoms. The fourth-order valence-corrected chi connectivity index (χ4v) is 2.33. The molecule has 2 rings (SSSR count). The van der Waals surface area contributed by atoms with E-state index in [1.54, 1.807) is 24.3 Å². The summed E-state index contributed by atoms with van der Waals surface area (Å²) in [4.78, 5) is 35.5. The highest BCUT2D eigenvalue weighted by molar-refractivity contribution is 6.33. The first-order valence-corrected chi connectivity index (χ1v) is 7.93. The third-order valence-electron chi connectivity index (χ3n) is 3.43. The largest absolute Gasteiger partial charge is 0.465 e. The van der Waals surface area contributed by atoms with Crippen molar-refractivity contribution in [1.82, 2.24) is 0 Å². The maximum absolute atomic E-state index is 12.2. The van der Waals surface area contributed by atoms with E-state index in [9.17, 15) is 14.4 Å². The number of hydrogen-bond acceptors (Lipinski definition) is 6. The summed E-state index contributed by atoms with van der Waals surface area (Å²) < 4.78 is 9.34. The minimum atomic E-state index is -0.540. The third-order valence-corrected chi connectivity index (χ3v) is 3.76. The third kappa shape index (κ3) is 4.73. The maximum Gasteiger partial charge on any atom is 0.339 e. The van der Waals surface area contributed by atoms with Crippen molar-refractivity contribution in [3.05, 3.63) is 58.6 Å². The number of ether oxygens (including phenoxy) is 2. The zero-order valence-corrected chi connectivity index (χ0v) is 14.9. The molecule has 0 aliphatic carbocycles. The van der Waals surface area contributed by atoms with E-state index in [2.05, 4.69) is 15.4 Å². The second-order valence-electron chi connectivity index (χ2n) is 5.13. The fraction of sp³-hybridized carbons (Fsp3) is 0.167. The zero-order chi connectivity index (χ0) is 19.1. The number of rotatable bonds is 6. The highest BCUT2D eigenvalue weighted by Crippen LogP contribution is 2.23. The Bertz CT molecular complexity index is 838. The minimum Gasteiger partial charge on any atom is -0.465 e. The Labute approximate surface area is 155 Å². The number of amides is 1. The molecule has 0 fully saturated rings. The average Bonchev–Trinajstić information content (AvgIpc) is 2.67. The van der Waals surface area contributed by atoms with Crippen LogP contribution in [0.4, 0.5) is 11.4 Å². The van der Waals surface area contributed by atoms with Crippen LogP contribution >= 0.6 is 11.6 Å². The quantitative estimate of drug-likeness (QED) is 0.753. The Hall–Kier alpha value is -3.06. The van der Waals surface area contributed by atoms with E-state index in [0.29, 0.717) is 11.3 Å². The van der Waals surface area contributed by atoms with Gasteiger partial charge in [0, 0.05) is 5.69 Å². The van der Waals surface area contributed by atoms with Gasteiger partial charge in [-0.25, -0.2) is 9.59 Å². The van der Waals surface area contributed by atoms with Crippen LogP contribution in [0.25, 0.3) is 0 Å². The van der Waals surface area contributed by atoms with E-state index in [0.717, 1.165) is 0 Å². The molecule has 0 saturated heterocycles. The van der Waals surface area contributed by atoms with Crippen LogP contribution in [0.1, 0.15) is 20.7 Å². The Kier molecular flexibility index (Phi) is 6.57. The molecule has 2 aromatic rings. The summed E-state index contributed by atoms with van der Waals surface area (Å²) in [6, 6.07) is 11.1. The Morgan fingerprint density at radius 1 is 0.962 bits per heavy atom. The monoisotopic (exact) mass is 376 g/mol. The van der Waals surface area contributed by atoms with E-state index >= 15 is 0 Å². The molecule has 2 aromatic carbocycles. The molecule has 7 nitrogen and oxygen atoms in total. The van der Waals surface area contributed by atoms with Crippen LogP contribution in [0, 0.1) is 0 Å². The number of carbonyl (C=O) groups excluding carboxylic acids is 3. The van der Waals surface area contributed by atoms with E-state index in [-0.39, 0.29) is 22.8 Å². The molecule has 0 aromatic heterocycles. The van der Waals surface area contributed by atoms with Crippen molar-refractivity contribution in [2.24, 2.45) is 0 Å². The van der Waals surface area contributed by atoms with Crippen molar-refractivity contribution in [3.63, 3.8) is 0 Å². The van der Waals surface area contributed by atoms with Gasteiger partial charge in [-0.05, 0) is 30.3 Å². The minimum absolute atomic E-state index is 0.118. The summed E-state index contributed by atoms with van der Waals surface area (Å²) in [5, 5.41) is 5.75. The molecule has 0 unspecified atom stereocenters. The van der Waals surface area contributed by atoms with E-state index in [1.165, 1.54) is 32.4 Å². The van der Waals surface area contributed by atoms with Gasteiger partial charge in [0.05, 0.1) is 42.6 Å². The molecule has 0 spiro atoms. The summed E-state index contributed by atoms with van der Waals surface area (Å²) in [5.41, 5.74) is 1.32. The van der Waals surface area contributed by atoms with Crippen LogP contribution in [-0.2, 0) is 14.3 Å². The first kappa shape index (κ1) is 19.3. The lowest BCUT2D eigenvalue weighted by atomic mass is 10.2. The molecule has 0 heterocycles. The van der Waals surface area contributed by atoms with Gasteiger partial charge in [-0.2, -0.15) is 0 Å². The lowest BCUT2D eigenvalue weighted by Gasteiger charge is -2.12. The van der Waals surface area contributed by atoms with Gasteiger partial charge in [0.2, 0.25) is 5.91 Å². The standard InChI is InChI=1S/C18H17ClN2O5/c1-25-17(23)11-7-8-13(19)15(9-11)21-16(22)10-20-14-6-4-3-5-12(14)18(24)26-2/h3-9,20H,10H2,1-2H3,(H,21,22). The number of nitrogens with one attached hydrogen (secondary N) is 2. The number of benzene rings is 2. The van der Waals surface area contributed by atoms with Crippen LogP contribution in [-0.4, -0.2) is 38.6 Å². The highest BCUT2D eigenvalue weighted by Gasteiger charge is 2.14. The summed E-state index contributed by atoms with van der Waals surface area (Å²) in [7, 11) is 2.54. The van der Waals surface area contributed by atoms with Crippen LogP contribution in [0.3, 0.4) is 0 Å². The van der Waals surface area contributed by atoms with E-state index in [4.69, 9.17) is 16.3 Å². The maximum atomic E-state index is 12.2. The number of anilines is 2. The molecule has 136 valence electrons. The number of para-hydroxylation sites is 1. The topological polar surface area (TPSA) is 93.7 Å². The Balaban J connectivity index is 2.06. The van der Waals surface area contributed by atoms with Gasteiger partial charge in [0.15, 0.2) is 0 Å². The molecule has 0 aliphatic heterocycles. The number of hydrogen-bond donors (Lipinski definition) is 2. The first-order valence-electron chi connectivity index (χ1n) is 7.55. The molecule has 0 radical (unpaired) electrons. The van der Waals surface area contributed by atoms with Gasteiger partial charge in [-0.1, -0.05) is 23.7 Å². The van der Waals surface area contributed by atoms with Gasteiger partial charge in [0.1, 0.15) is 0 Å². The fourth-order valence-electron chi connectivity index (χ4n) is 2.16. The van der Waals surface area contributed by atoms with Gasteiger partial charge in [0.25, 0.3) is 0 Å². The smallest absolute Gasteiger partial charge is 0.339 e. The Morgan fingerprint density at radius 3 is 2.35 bits per heavy atom. The zero-order valence-electron chi connectivity index (χ0n) is 14.2. The van der Waals surface area contributed by atoms with Crippen molar-refractivity contribution >= 4 is 40.8 Å². The normalized spacial score (nSPS) is 9.96. The predicted molar refractivity (Wildman–Crippen MR) is 97.7 cm³/mol. The van der Waals surface area contributed by atoms with Crippen molar-refractivity contribution in [2.75, 3.05) is 31.4 Å². The van der Waals surface area contributed by atoms with Crippen LogP contribution in [0.5, 0.6) is 0 Å². The second-order valence-corrected chi connectivity index (χ2v) is 5.53. The van der Waals surface area contributed by atoms with E-state index < -0.39 is 17.8 Å². The molecule has 2 N–H and O–H groups in total. The second kappa shape index (κ2) is 8.87. The molecule has 0 atom stereocenters. The number of carbonyl (C=O) groups is 3. The number of methoxy groups -OCH3 is 2. The Morgan fingerprint density at radius 2 is 1.65 bits per heavy atom. The van der Waals surface area contributed by atoms with Crippen molar-refractivity contribution in [1.29, 1.82) is 0 Å². The van der Waals surface area contributed by atoms with E-state index in [1.807, 2.05) is 0 Å². The molecular formula is C18H17ClN2O5. The molecule has 26 heavy (non-hydrogen) atoms. The average molecular weight is 377 g/mol. The summed E-state index contributed by atoms with van der Waals surface area (Å²) in [6.07, 6.45) is 0. The first-order chi connectivity index (χ1) is 12.5. The molecule has 0 aliphatic rings. The molecule has 0 saturated carbocycles. The van der Waals surface area contributed by atoms with Crippen LogP contribution in [0.15, 0.2) is 42.5 Å². The molecular weight excluding hydrogens is 360 g/mol. The van der Waals surface area contributed by atoms with Gasteiger partial charge in [-0.15, -0.1) is 0 Å². The molecule has 8 heteroatoms. The van der Waals surface area contributed by atoms with Gasteiger partial charge >= 0.3 is 11.9 Å². The lowest BCUT2D eigenvalue weighted by molar-refractivity contribution is -0.114. The molecule has 1 amide bonds. The van der Waals surface area contributed by atoms with Gasteiger partial charge in [-0.3, -0.25) is 4.79 Å². The van der Waals surface area contributed by atoms with Gasteiger partial charge < -0.3 is 20.1 Å². The van der Waals surface area contributed by atoms with Crippen molar-refractivity contribution in [3.8, 4) is 0 Å². The number of esters is 2. The lowest BCUT2D eigenvalue weighted by Crippen LogP contribution is -2.23. The highest BCUT2D eigenvalue weighted by atomic mass is 35.5.